The number of rotatable bonds is 3. The Labute approximate surface area is 70.6 Å². The van der Waals surface area contributed by atoms with Crippen LogP contribution in [0.5, 0.6) is 0 Å². The second kappa shape index (κ2) is 3.90. The Morgan fingerprint density at radius 3 is 3.08 bits per heavy atom. The fraction of sp³-hybridized carbons (Fsp3) is 0.375. The fourth-order valence-corrected chi connectivity index (χ4v) is 1.07. The summed E-state index contributed by atoms with van der Waals surface area (Å²) in [5, 5.41) is 17.3. The SMILES string of the molecule is N#Cc1cc[nH]c1C(N)CCO. The summed E-state index contributed by atoms with van der Waals surface area (Å²) >= 11 is 0. The molecule has 4 nitrogen and oxygen atoms in total. The van der Waals surface area contributed by atoms with Gasteiger partial charge in [-0.15, -0.1) is 0 Å². The van der Waals surface area contributed by atoms with Gasteiger partial charge in [-0.3, -0.25) is 0 Å². The maximum absolute atomic E-state index is 8.64. The van der Waals surface area contributed by atoms with Gasteiger partial charge in [0, 0.05) is 24.5 Å². The van der Waals surface area contributed by atoms with Crippen LogP contribution in [0.2, 0.25) is 0 Å². The molecule has 1 aromatic heterocycles. The van der Waals surface area contributed by atoms with Crippen LogP contribution in [-0.2, 0) is 0 Å². The lowest BCUT2D eigenvalue weighted by Crippen LogP contribution is -2.13. The highest BCUT2D eigenvalue weighted by Crippen LogP contribution is 2.15. The van der Waals surface area contributed by atoms with E-state index < -0.39 is 0 Å². The molecule has 64 valence electrons. The molecular weight excluding hydrogens is 154 g/mol. The molecule has 1 atom stereocenters. The first-order valence-electron chi connectivity index (χ1n) is 3.73. The van der Waals surface area contributed by atoms with Crippen molar-refractivity contribution in [3.8, 4) is 6.07 Å². The molecule has 0 aliphatic carbocycles. The number of nitrogens with one attached hydrogen (secondary N) is 1. The van der Waals surface area contributed by atoms with E-state index in [0.717, 1.165) is 0 Å². The summed E-state index contributed by atoms with van der Waals surface area (Å²) in [5.74, 6) is 0. The Morgan fingerprint density at radius 1 is 1.75 bits per heavy atom. The van der Waals surface area contributed by atoms with Gasteiger partial charge in [0.25, 0.3) is 0 Å². The van der Waals surface area contributed by atoms with E-state index in [2.05, 4.69) is 4.98 Å². The molecule has 4 N–H and O–H groups in total. The van der Waals surface area contributed by atoms with E-state index >= 15 is 0 Å². The molecule has 0 aliphatic rings. The van der Waals surface area contributed by atoms with Crippen molar-refractivity contribution in [1.82, 2.24) is 4.98 Å². The zero-order valence-corrected chi connectivity index (χ0v) is 6.62. The highest BCUT2D eigenvalue weighted by atomic mass is 16.3. The average Bonchev–Trinajstić information content (AvgIpc) is 2.51. The normalized spacial score (nSPS) is 12.4. The lowest BCUT2D eigenvalue weighted by atomic mass is 10.1. The van der Waals surface area contributed by atoms with E-state index in [0.29, 0.717) is 17.7 Å². The van der Waals surface area contributed by atoms with Crippen LogP contribution < -0.4 is 5.73 Å². The summed E-state index contributed by atoms with van der Waals surface area (Å²) in [5.41, 5.74) is 6.94. The number of aromatic nitrogens is 1. The maximum atomic E-state index is 8.64. The van der Waals surface area contributed by atoms with Crippen molar-refractivity contribution in [2.45, 2.75) is 12.5 Å². The average molecular weight is 165 g/mol. The molecule has 1 unspecified atom stereocenters. The number of aliphatic hydroxyl groups is 1. The van der Waals surface area contributed by atoms with E-state index in [4.69, 9.17) is 16.1 Å². The monoisotopic (exact) mass is 165 g/mol. The first-order chi connectivity index (χ1) is 5.79. The van der Waals surface area contributed by atoms with Crippen molar-refractivity contribution in [3.63, 3.8) is 0 Å². The molecule has 0 aromatic carbocycles. The highest BCUT2D eigenvalue weighted by molar-refractivity contribution is 5.35. The van der Waals surface area contributed by atoms with Crippen LogP contribution in [0.3, 0.4) is 0 Å². The Kier molecular flexibility index (Phi) is 2.86. The zero-order valence-electron chi connectivity index (χ0n) is 6.62. The molecule has 0 saturated carbocycles. The van der Waals surface area contributed by atoms with E-state index in [9.17, 15) is 0 Å². The Morgan fingerprint density at radius 2 is 2.50 bits per heavy atom. The summed E-state index contributed by atoms with van der Waals surface area (Å²) in [4.78, 5) is 2.88. The van der Waals surface area contributed by atoms with Gasteiger partial charge in [0.15, 0.2) is 0 Å². The van der Waals surface area contributed by atoms with Crippen molar-refractivity contribution >= 4 is 0 Å². The van der Waals surface area contributed by atoms with Gasteiger partial charge in [0.05, 0.1) is 5.56 Å². The number of aromatic amines is 1. The lowest BCUT2D eigenvalue weighted by molar-refractivity contribution is 0.275. The highest BCUT2D eigenvalue weighted by Gasteiger charge is 2.10. The van der Waals surface area contributed by atoms with Crippen LogP contribution in [0.4, 0.5) is 0 Å². The number of hydrogen-bond acceptors (Lipinski definition) is 3. The summed E-state index contributed by atoms with van der Waals surface area (Å²) in [6, 6.07) is 3.42. The van der Waals surface area contributed by atoms with Crippen molar-refractivity contribution in [2.24, 2.45) is 5.73 Å². The maximum Gasteiger partial charge on any atom is 0.101 e. The molecule has 1 aromatic rings. The predicted octanol–water partition coefficient (Wildman–Crippen LogP) is 0.269. The molecule has 0 amide bonds. The van der Waals surface area contributed by atoms with Crippen LogP contribution in [0.1, 0.15) is 23.7 Å². The van der Waals surface area contributed by atoms with Crippen LogP contribution in [0.15, 0.2) is 12.3 Å². The van der Waals surface area contributed by atoms with E-state index in [-0.39, 0.29) is 12.6 Å². The van der Waals surface area contributed by atoms with Gasteiger partial charge in [-0.2, -0.15) is 5.26 Å². The van der Waals surface area contributed by atoms with Crippen molar-refractivity contribution in [3.05, 3.63) is 23.5 Å². The van der Waals surface area contributed by atoms with Crippen LogP contribution in [0, 0.1) is 11.3 Å². The van der Waals surface area contributed by atoms with Crippen molar-refractivity contribution in [1.29, 1.82) is 5.26 Å². The van der Waals surface area contributed by atoms with Gasteiger partial charge in [0.2, 0.25) is 0 Å². The molecular formula is C8H11N3O. The summed E-state index contributed by atoms with van der Waals surface area (Å²) in [6.45, 7) is 0.0328. The molecule has 0 bridgehead atoms. The van der Waals surface area contributed by atoms with Crippen molar-refractivity contribution in [2.75, 3.05) is 6.61 Å². The predicted molar refractivity (Wildman–Crippen MR) is 44.1 cm³/mol. The first-order valence-corrected chi connectivity index (χ1v) is 3.73. The number of nitrogens with two attached hydrogens (primary N) is 1. The van der Waals surface area contributed by atoms with Gasteiger partial charge in [-0.1, -0.05) is 0 Å². The second-order valence-electron chi connectivity index (χ2n) is 2.54. The quantitative estimate of drug-likeness (QED) is 0.600. The molecule has 0 fully saturated rings. The van der Waals surface area contributed by atoms with Gasteiger partial charge in [0.1, 0.15) is 6.07 Å². The Bertz CT molecular complexity index is 287. The number of aliphatic hydroxyl groups excluding tert-OH is 1. The third kappa shape index (κ3) is 1.64. The Balaban J connectivity index is 2.80. The molecule has 0 spiro atoms. The van der Waals surface area contributed by atoms with E-state index in [1.165, 1.54) is 0 Å². The third-order valence-electron chi connectivity index (χ3n) is 1.71. The first kappa shape index (κ1) is 8.78. The second-order valence-corrected chi connectivity index (χ2v) is 2.54. The van der Waals surface area contributed by atoms with Gasteiger partial charge in [-0.05, 0) is 12.5 Å². The van der Waals surface area contributed by atoms with Gasteiger partial charge in [-0.25, -0.2) is 0 Å². The smallest absolute Gasteiger partial charge is 0.101 e. The molecule has 4 heteroatoms. The Hall–Kier alpha value is -1.31. The minimum Gasteiger partial charge on any atom is -0.396 e. The van der Waals surface area contributed by atoms with E-state index in [1.54, 1.807) is 12.3 Å². The molecule has 1 heterocycles. The molecule has 12 heavy (non-hydrogen) atoms. The standard InChI is InChI=1S/C8H11N3O/c9-5-6-1-3-11-8(6)7(10)2-4-12/h1,3,7,11-12H,2,4,10H2. The minimum absolute atomic E-state index is 0.0328. The number of nitrogens with zero attached hydrogens (tertiary/aromatic N) is 1. The molecule has 0 aliphatic heterocycles. The lowest BCUT2D eigenvalue weighted by Gasteiger charge is -2.07. The number of hydrogen-bond donors (Lipinski definition) is 3. The summed E-state index contributed by atoms with van der Waals surface area (Å²) < 4.78 is 0. The van der Waals surface area contributed by atoms with Crippen LogP contribution >= 0.6 is 0 Å². The number of H-pyrrole nitrogens is 1. The summed E-state index contributed by atoms with van der Waals surface area (Å²) in [7, 11) is 0. The van der Waals surface area contributed by atoms with Gasteiger partial charge < -0.3 is 15.8 Å². The molecule has 1 rings (SSSR count). The largest absolute Gasteiger partial charge is 0.396 e. The van der Waals surface area contributed by atoms with Crippen LogP contribution in [0.25, 0.3) is 0 Å². The molecule has 0 saturated heterocycles. The molecule has 0 radical (unpaired) electrons. The fourth-order valence-electron chi connectivity index (χ4n) is 1.07. The topological polar surface area (TPSA) is 85.8 Å². The van der Waals surface area contributed by atoms with E-state index in [1.807, 2.05) is 6.07 Å². The number of nitriles is 1. The summed E-state index contributed by atoms with van der Waals surface area (Å²) in [6.07, 6.45) is 2.14. The zero-order chi connectivity index (χ0) is 8.97. The van der Waals surface area contributed by atoms with Gasteiger partial charge >= 0.3 is 0 Å². The van der Waals surface area contributed by atoms with Crippen LogP contribution in [-0.4, -0.2) is 16.7 Å². The minimum atomic E-state index is -0.278. The van der Waals surface area contributed by atoms with Crippen molar-refractivity contribution < 1.29 is 5.11 Å². The third-order valence-corrected chi connectivity index (χ3v) is 1.71.